The van der Waals surface area contributed by atoms with E-state index in [-0.39, 0.29) is 0 Å². The van der Waals surface area contributed by atoms with Crippen LogP contribution in [0.1, 0.15) is 22.3 Å². The number of thiophene rings is 1. The third kappa shape index (κ3) is 4.87. The number of benzene rings is 10. The van der Waals surface area contributed by atoms with Crippen molar-refractivity contribution in [1.29, 1.82) is 0 Å². The van der Waals surface area contributed by atoms with Crippen molar-refractivity contribution in [3.63, 3.8) is 0 Å². The molecule has 1 aromatic heterocycles. The minimum Gasteiger partial charge on any atom is -0.135 e. The summed E-state index contributed by atoms with van der Waals surface area (Å²) in [7, 11) is 0. The van der Waals surface area contributed by atoms with E-state index >= 15 is 0 Å². The van der Waals surface area contributed by atoms with Crippen LogP contribution in [-0.4, -0.2) is 0 Å². The maximum atomic E-state index is 2.47. The van der Waals surface area contributed by atoms with Crippen LogP contribution in [0.5, 0.6) is 0 Å². The number of rotatable bonds is 5. The molecule has 58 heavy (non-hydrogen) atoms. The standard InChI is InChI=1S/C57H36S/c1-3-14-42(15-4-1)57(43-16-5-2-6-17-43)53-24-11-9-20-47(53)48-33-32-40(36-54(48)57)39-30-31-41-35-51(45-18-7-8-19-46(45)52(41)34-39)38-28-26-37(27-29-38)44-22-13-23-50-49-21-10-12-25-55(49)58-56(44)50/h1-36H. The average Bonchev–Trinajstić information content (AvgIpc) is 3.83. The van der Waals surface area contributed by atoms with Crippen LogP contribution in [-0.2, 0) is 5.41 Å². The third-order valence-corrected chi connectivity index (χ3v) is 13.8. The lowest BCUT2D eigenvalue weighted by Crippen LogP contribution is -2.28. The first-order valence-corrected chi connectivity index (χ1v) is 20.9. The van der Waals surface area contributed by atoms with Gasteiger partial charge in [-0.2, -0.15) is 0 Å². The molecule has 0 atom stereocenters. The van der Waals surface area contributed by atoms with Crippen molar-refractivity contribution in [2.75, 3.05) is 0 Å². The van der Waals surface area contributed by atoms with Crippen molar-refractivity contribution in [2.24, 2.45) is 0 Å². The van der Waals surface area contributed by atoms with Crippen LogP contribution in [0, 0.1) is 0 Å². The summed E-state index contributed by atoms with van der Waals surface area (Å²) in [5, 5.41) is 7.72. The van der Waals surface area contributed by atoms with Gasteiger partial charge in [0, 0.05) is 20.2 Å². The number of hydrogen-bond acceptors (Lipinski definition) is 1. The smallest absolute Gasteiger partial charge is 0.0713 e. The Morgan fingerprint density at radius 2 is 0.845 bits per heavy atom. The minimum atomic E-state index is -0.428. The monoisotopic (exact) mass is 752 g/mol. The van der Waals surface area contributed by atoms with Gasteiger partial charge in [-0.25, -0.2) is 0 Å². The van der Waals surface area contributed by atoms with Gasteiger partial charge in [0.05, 0.1) is 5.41 Å². The summed E-state index contributed by atoms with van der Waals surface area (Å²) < 4.78 is 2.68. The van der Waals surface area contributed by atoms with Crippen molar-refractivity contribution in [1.82, 2.24) is 0 Å². The summed E-state index contributed by atoms with van der Waals surface area (Å²) in [5.74, 6) is 0. The second-order valence-corrected chi connectivity index (χ2v) is 16.6. The Balaban J connectivity index is 0.983. The fourth-order valence-electron chi connectivity index (χ4n) is 9.95. The quantitative estimate of drug-likeness (QED) is 0.154. The lowest BCUT2D eigenvalue weighted by Gasteiger charge is -2.34. The van der Waals surface area contributed by atoms with Crippen LogP contribution < -0.4 is 0 Å². The summed E-state index contributed by atoms with van der Waals surface area (Å²) >= 11 is 1.89. The first-order chi connectivity index (χ1) is 28.8. The van der Waals surface area contributed by atoms with Gasteiger partial charge in [-0.05, 0) is 113 Å². The van der Waals surface area contributed by atoms with E-state index in [2.05, 4.69) is 218 Å². The van der Waals surface area contributed by atoms with E-state index in [1.165, 1.54) is 108 Å². The van der Waals surface area contributed by atoms with Crippen molar-refractivity contribution in [3.8, 4) is 44.5 Å². The summed E-state index contributed by atoms with van der Waals surface area (Å²) in [6.07, 6.45) is 0. The molecule has 0 fully saturated rings. The van der Waals surface area contributed by atoms with E-state index in [1.807, 2.05) is 11.3 Å². The lowest BCUT2D eigenvalue weighted by atomic mass is 9.67. The van der Waals surface area contributed by atoms with Crippen LogP contribution in [0.2, 0.25) is 0 Å². The lowest BCUT2D eigenvalue weighted by molar-refractivity contribution is 0.769. The van der Waals surface area contributed by atoms with Gasteiger partial charge >= 0.3 is 0 Å². The van der Waals surface area contributed by atoms with E-state index in [4.69, 9.17) is 0 Å². The molecule has 1 aliphatic carbocycles. The molecule has 0 amide bonds. The van der Waals surface area contributed by atoms with E-state index < -0.39 is 5.41 Å². The molecule has 12 rings (SSSR count). The highest BCUT2D eigenvalue weighted by atomic mass is 32.1. The summed E-state index contributed by atoms with van der Waals surface area (Å²) in [5.41, 5.74) is 14.9. The highest BCUT2D eigenvalue weighted by Gasteiger charge is 2.46. The Hall–Kier alpha value is -7.06. The zero-order chi connectivity index (χ0) is 38.2. The second-order valence-electron chi connectivity index (χ2n) is 15.6. The third-order valence-electron chi connectivity index (χ3n) is 12.6. The molecule has 0 nitrogen and oxygen atoms in total. The fourth-order valence-corrected chi connectivity index (χ4v) is 11.2. The van der Waals surface area contributed by atoms with Crippen molar-refractivity contribution >= 4 is 53.1 Å². The summed E-state index contributed by atoms with van der Waals surface area (Å²) in [4.78, 5) is 0. The van der Waals surface area contributed by atoms with Crippen molar-refractivity contribution in [3.05, 3.63) is 241 Å². The molecule has 1 aliphatic rings. The Bertz CT molecular complexity index is 3330. The first-order valence-electron chi connectivity index (χ1n) is 20.1. The molecule has 270 valence electrons. The maximum Gasteiger partial charge on any atom is 0.0713 e. The molecule has 1 heterocycles. The molecule has 0 unspecified atom stereocenters. The van der Waals surface area contributed by atoms with Gasteiger partial charge in [0.1, 0.15) is 0 Å². The van der Waals surface area contributed by atoms with E-state index in [0.29, 0.717) is 0 Å². The number of hydrogen-bond donors (Lipinski definition) is 0. The van der Waals surface area contributed by atoms with Gasteiger partial charge in [-0.3, -0.25) is 0 Å². The van der Waals surface area contributed by atoms with Gasteiger partial charge in [-0.15, -0.1) is 11.3 Å². The van der Waals surface area contributed by atoms with Gasteiger partial charge < -0.3 is 0 Å². The maximum absolute atomic E-state index is 2.47. The SMILES string of the molecule is c1ccc(C2(c3ccccc3)c3ccccc3-c3ccc(-c4ccc5cc(-c6ccc(-c7cccc8c7sc7ccccc78)cc6)c6ccccc6c5c4)cc32)cc1. The summed E-state index contributed by atoms with van der Waals surface area (Å²) in [6, 6.07) is 81.2. The molecule has 10 aromatic carbocycles. The Morgan fingerprint density at radius 3 is 1.62 bits per heavy atom. The van der Waals surface area contributed by atoms with Crippen LogP contribution in [0.15, 0.2) is 218 Å². The Morgan fingerprint density at radius 1 is 0.293 bits per heavy atom. The molecule has 11 aromatic rings. The van der Waals surface area contributed by atoms with Crippen LogP contribution in [0.3, 0.4) is 0 Å². The molecule has 0 N–H and O–H groups in total. The van der Waals surface area contributed by atoms with Gasteiger partial charge in [-0.1, -0.05) is 194 Å². The highest BCUT2D eigenvalue weighted by Crippen LogP contribution is 2.56. The predicted octanol–water partition coefficient (Wildman–Crippen LogP) is 15.7. The molecule has 0 bridgehead atoms. The zero-order valence-electron chi connectivity index (χ0n) is 31.7. The van der Waals surface area contributed by atoms with Gasteiger partial charge in [0.2, 0.25) is 0 Å². The molecule has 0 spiro atoms. The van der Waals surface area contributed by atoms with Crippen molar-refractivity contribution in [2.45, 2.75) is 5.41 Å². The van der Waals surface area contributed by atoms with Crippen molar-refractivity contribution < 1.29 is 0 Å². The largest absolute Gasteiger partial charge is 0.135 e. The molecule has 1 heteroatoms. The van der Waals surface area contributed by atoms with E-state index in [1.54, 1.807) is 0 Å². The Kier molecular flexibility index (Phi) is 7.42. The topological polar surface area (TPSA) is 0 Å². The molecule has 0 aliphatic heterocycles. The normalized spacial score (nSPS) is 13.0. The molecule has 0 saturated heterocycles. The average molecular weight is 753 g/mol. The number of fused-ring (bicyclic) bond motifs is 9. The molecular weight excluding hydrogens is 717 g/mol. The Labute approximate surface area is 342 Å². The van der Waals surface area contributed by atoms with Gasteiger partial charge in [0.15, 0.2) is 0 Å². The van der Waals surface area contributed by atoms with E-state index in [9.17, 15) is 0 Å². The zero-order valence-corrected chi connectivity index (χ0v) is 32.5. The highest BCUT2D eigenvalue weighted by molar-refractivity contribution is 7.26. The van der Waals surface area contributed by atoms with Gasteiger partial charge in [0.25, 0.3) is 0 Å². The molecule has 0 radical (unpaired) electrons. The van der Waals surface area contributed by atoms with Crippen LogP contribution in [0.25, 0.3) is 86.2 Å². The molecular formula is C57H36S. The van der Waals surface area contributed by atoms with Crippen LogP contribution >= 0.6 is 11.3 Å². The van der Waals surface area contributed by atoms with E-state index in [0.717, 1.165) is 0 Å². The predicted molar refractivity (Wildman–Crippen MR) is 248 cm³/mol. The fraction of sp³-hybridized carbons (Fsp3) is 0.0175. The molecule has 0 saturated carbocycles. The second kappa shape index (κ2) is 13.0. The van der Waals surface area contributed by atoms with Crippen LogP contribution in [0.4, 0.5) is 0 Å². The first kappa shape index (κ1) is 33.1. The summed E-state index contributed by atoms with van der Waals surface area (Å²) in [6.45, 7) is 0. The minimum absolute atomic E-state index is 0.428.